The van der Waals surface area contributed by atoms with Gasteiger partial charge >= 0.3 is 0 Å². The van der Waals surface area contributed by atoms with Crippen molar-refractivity contribution in [3.8, 4) is 0 Å². The molecule has 1 aromatic carbocycles. The lowest BCUT2D eigenvalue weighted by atomic mass is 10.1. The van der Waals surface area contributed by atoms with E-state index in [4.69, 9.17) is 0 Å². The van der Waals surface area contributed by atoms with Crippen LogP contribution < -0.4 is 10.6 Å². The summed E-state index contributed by atoms with van der Waals surface area (Å²) in [6.07, 6.45) is 6.49. The predicted molar refractivity (Wildman–Crippen MR) is 101 cm³/mol. The number of carbonyl (C=O) groups excluding carboxylic acids is 2. The highest BCUT2D eigenvalue weighted by Gasteiger charge is 2.12. The number of hydrogen-bond acceptors (Lipinski definition) is 4. The van der Waals surface area contributed by atoms with Crippen LogP contribution in [0.25, 0.3) is 10.9 Å². The minimum Gasteiger partial charge on any atom is -0.352 e. The first-order valence-electron chi connectivity index (χ1n) is 8.57. The maximum absolute atomic E-state index is 12.6. The van der Waals surface area contributed by atoms with E-state index in [9.17, 15) is 9.59 Å². The van der Waals surface area contributed by atoms with Crippen molar-refractivity contribution in [3.63, 3.8) is 0 Å². The quantitative estimate of drug-likeness (QED) is 0.669. The number of amides is 2. The Kier molecular flexibility index (Phi) is 5.53. The van der Waals surface area contributed by atoms with Crippen molar-refractivity contribution in [1.82, 2.24) is 15.3 Å². The zero-order valence-electron chi connectivity index (χ0n) is 14.5. The third kappa shape index (κ3) is 4.03. The van der Waals surface area contributed by atoms with Crippen LogP contribution in [0, 0.1) is 0 Å². The molecule has 0 radical (unpaired) electrons. The van der Waals surface area contributed by atoms with E-state index in [1.54, 1.807) is 18.3 Å². The third-order valence-electron chi connectivity index (χ3n) is 3.96. The molecule has 132 valence electrons. The average molecular weight is 348 g/mol. The van der Waals surface area contributed by atoms with E-state index in [1.807, 2.05) is 24.3 Å². The normalized spacial score (nSPS) is 10.5. The maximum Gasteiger partial charge on any atom is 0.257 e. The smallest absolute Gasteiger partial charge is 0.257 e. The first-order chi connectivity index (χ1) is 12.7. The van der Waals surface area contributed by atoms with Crippen LogP contribution in [0.1, 0.15) is 40.5 Å². The number of carbonyl (C=O) groups is 2. The molecule has 0 aliphatic carbocycles. The van der Waals surface area contributed by atoms with Gasteiger partial charge in [-0.15, -0.1) is 0 Å². The minimum absolute atomic E-state index is 0.229. The van der Waals surface area contributed by atoms with Gasteiger partial charge in [0.1, 0.15) is 0 Å². The third-order valence-corrected chi connectivity index (χ3v) is 3.96. The van der Waals surface area contributed by atoms with Gasteiger partial charge in [-0.05, 0) is 24.6 Å². The summed E-state index contributed by atoms with van der Waals surface area (Å²) in [5.41, 5.74) is 2.02. The fraction of sp³-hybridized carbons (Fsp3) is 0.200. The molecule has 0 aliphatic rings. The maximum atomic E-state index is 12.6. The highest BCUT2D eigenvalue weighted by molar-refractivity contribution is 6.09. The molecule has 0 fully saturated rings. The van der Waals surface area contributed by atoms with Gasteiger partial charge in [0, 0.05) is 30.5 Å². The largest absolute Gasteiger partial charge is 0.352 e. The standard InChI is InChI=1S/C20H20N4O2/c1-2-3-9-23-19(25)15-11-16(13-21-12-15)20(26)24-17-8-4-6-14-7-5-10-22-18(14)17/h4-8,10-13H,2-3,9H2,1H3,(H,23,25)(H,24,26). The molecule has 0 saturated carbocycles. The molecule has 3 aromatic rings. The molecule has 6 heteroatoms. The van der Waals surface area contributed by atoms with E-state index in [2.05, 4.69) is 27.5 Å². The molecule has 0 bridgehead atoms. The first-order valence-corrected chi connectivity index (χ1v) is 8.57. The molecule has 0 spiro atoms. The summed E-state index contributed by atoms with van der Waals surface area (Å²) in [6, 6.07) is 10.9. The molecular formula is C20H20N4O2. The Labute approximate surface area is 151 Å². The Morgan fingerprint density at radius 2 is 1.81 bits per heavy atom. The summed E-state index contributed by atoms with van der Waals surface area (Å²) >= 11 is 0. The van der Waals surface area contributed by atoms with Crippen LogP contribution >= 0.6 is 0 Å². The molecule has 2 aromatic heterocycles. The van der Waals surface area contributed by atoms with E-state index in [-0.39, 0.29) is 11.8 Å². The van der Waals surface area contributed by atoms with E-state index in [0.717, 1.165) is 18.2 Å². The Bertz CT molecular complexity index is 935. The summed E-state index contributed by atoms with van der Waals surface area (Å²) in [7, 11) is 0. The summed E-state index contributed by atoms with van der Waals surface area (Å²) < 4.78 is 0. The SMILES string of the molecule is CCCCNC(=O)c1cncc(C(=O)Nc2cccc3cccnc23)c1. The highest BCUT2D eigenvalue weighted by Crippen LogP contribution is 2.21. The van der Waals surface area contributed by atoms with Gasteiger partial charge in [-0.2, -0.15) is 0 Å². The summed E-state index contributed by atoms with van der Waals surface area (Å²) in [6.45, 7) is 2.66. The second-order valence-electron chi connectivity index (χ2n) is 5.91. The lowest BCUT2D eigenvalue weighted by Gasteiger charge is -2.09. The summed E-state index contributed by atoms with van der Waals surface area (Å²) in [5, 5.41) is 6.60. The molecule has 0 unspecified atom stereocenters. The van der Waals surface area contributed by atoms with Crippen molar-refractivity contribution in [3.05, 3.63) is 66.1 Å². The van der Waals surface area contributed by atoms with Gasteiger partial charge in [-0.25, -0.2) is 0 Å². The zero-order chi connectivity index (χ0) is 18.4. The van der Waals surface area contributed by atoms with Crippen LogP contribution in [0.15, 0.2) is 55.0 Å². The molecule has 2 N–H and O–H groups in total. The molecular weight excluding hydrogens is 328 g/mol. The second kappa shape index (κ2) is 8.20. The van der Waals surface area contributed by atoms with E-state index < -0.39 is 0 Å². The van der Waals surface area contributed by atoms with Gasteiger partial charge in [0.25, 0.3) is 11.8 Å². The van der Waals surface area contributed by atoms with Gasteiger partial charge in [0.05, 0.1) is 22.3 Å². The number of unbranched alkanes of at least 4 members (excludes halogenated alkanes) is 1. The number of aromatic nitrogens is 2. The van der Waals surface area contributed by atoms with Crippen LogP contribution in [0.2, 0.25) is 0 Å². The van der Waals surface area contributed by atoms with Gasteiger partial charge < -0.3 is 10.6 Å². The number of nitrogens with zero attached hydrogens (tertiary/aromatic N) is 2. The number of nitrogens with one attached hydrogen (secondary N) is 2. The Hall–Kier alpha value is -3.28. The molecule has 2 amide bonds. The van der Waals surface area contributed by atoms with E-state index >= 15 is 0 Å². The van der Waals surface area contributed by atoms with E-state index in [1.165, 1.54) is 12.4 Å². The van der Waals surface area contributed by atoms with Crippen LogP contribution in [-0.4, -0.2) is 28.3 Å². The molecule has 0 aliphatic heterocycles. The lowest BCUT2D eigenvalue weighted by molar-refractivity contribution is 0.0953. The minimum atomic E-state index is -0.334. The van der Waals surface area contributed by atoms with Crippen LogP contribution in [-0.2, 0) is 0 Å². The number of fused-ring (bicyclic) bond motifs is 1. The van der Waals surface area contributed by atoms with Crippen LogP contribution in [0.3, 0.4) is 0 Å². The molecule has 6 nitrogen and oxygen atoms in total. The molecule has 0 saturated heterocycles. The molecule has 0 atom stereocenters. The fourth-order valence-corrected chi connectivity index (χ4v) is 2.57. The first kappa shape index (κ1) is 17.5. The van der Waals surface area contributed by atoms with Gasteiger partial charge in [0.15, 0.2) is 0 Å². The highest BCUT2D eigenvalue weighted by atomic mass is 16.2. The van der Waals surface area contributed by atoms with E-state index in [0.29, 0.717) is 28.9 Å². The van der Waals surface area contributed by atoms with Gasteiger partial charge in [-0.1, -0.05) is 31.5 Å². The van der Waals surface area contributed by atoms with Crippen molar-refractivity contribution in [2.24, 2.45) is 0 Å². The predicted octanol–water partition coefficient (Wildman–Crippen LogP) is 3.41. The Morgan fingerprint density at radius 1 is 1.04 bits per heavy atom. The monoisotopic (exact) mass is 348 g/mol. The number of para-hydroxylation sites is 1. The lowest BCUT2D eigenvalue weighted by Crippen LogP contribution is -2.25. The molecule has 26 heavy (non-hydrogen) atoms. The number of benzene rings is 1. The molecule has 2 heterocycles. The summed E-state index contributed by atoms with van der Waals surface area (Å²) in [5.74, 6) is -0.564. The number of anilines is 1. The van der Waals surface area contributed by atoms with Crippen LogP contribution in [0.4, 0.5) is 5.69 Å². The topological polar surface area (TPSA) is 84.0 Å². The van der Waals surface area contributed by atoms with Crippen molar-refractivity contribution >= 4 is 28.4 Å². The average Bonchev–Trinajstić information content (AvgIpc) is 2.68. The Morgan fingerprint density at radius 3 is 2.62 bits per heavy atom. The summed E-state index contributed by atoms with van der Waals surface area (Å²) in [4.78, 5) is 33.1. The van der Waals surface area contributed by atoms with Crippen molar-refractivity contribution in [2.75, 3.05) is 11.9 Å². The zero-order valence-corrected chi connectivity index (χ0v) is 14.5. The van der Waals surface area contributed by atoms with Crippen molar-refractivity contribution in [2.45, 2.75) is 19.8 Å². The Balaban J connectivity index is 1.77. The van der Waals surface area contributed by atoms with Gasteiger partial charge in [0.2, 0.25) is 0 Å². The molecule has 3 rings (SSSR count). The van der Waals surface area contributed by atoms with Crippen molar-refractivity contribution in [1.29, 1.82) is 0 Å². The number of hydrogen-bond donors (Lipinski definition) is 2. The number of pyridine rings is 2. The van der Waals surface area contributed by atoms with Crippen molar-refractivity contribution < 1.29 is 9.59 Å². The number of rotatable bonds is 6. The fourth-order valence-electron chi connectivity index (χ4n) is 2.57. The second-order valence-corrected chi connectivity index (χ2v) is 5.91. The van der Waals surface area contributed by atoms with Gasteiger partial charge in [-0.3, -0.25) is 19.6 Å². The van der Waals surface area contributed by atoms with Crippen LogP contribution in [0.5, 0.6) is 0 Å².